The first-order chi connectivity index (χ1) is 13.9. The molecule has 2 aromatic rings. The van der Waals surface area contributed by atoms with E-state index in [9.17, 15) is 17.6 Å². The molecule has 0 atom stereocenters. The van der Waals surface area contributed by atoms with Gasteiger partial charge in [-0.2, -0.15) is 4.31 Å². The van der Waals surface area contributed by atoms with E-state index in [1.54, 1.807) is 6.07 Å². The maximum absolute atomic E-state index is 13.3. The number of para-hydroxylation sites is 1. The number of halogens is 1. The molecular weight excluding hydrogens is 411 g/mol. The van der Waals surface area contributed by atoms with Crippen LogP contribution in [0.25, 0.3) is 0 Å². The van der Waals surface area contributed by atoms with Gasteiger partial charge >= 0.3 is 0 Å². The van der Waals surface area contributed by atoms with Gasteiger partial charge in [-0.1, -0.05) is 31.4 Å². The van der Waals surface area contributed by atoms with Crippen LogP contribution in [0, 0.1) is 5.82 Å². The van der Waals surface area contributed by atoms with Crippen LogP contribution in [0.4, 0.5) is 10.1 Å². The SMILES string of the molecule is CSc1ccccc1NC(=O)CN(C1CCCCC1)S(=O)(=O)c1ccc(F)cc1. The van der Waals surface area contributed by atoms with Gasteiger partial charge in [0.2, 0.25) is 15.9 Å². The zero-order chi connectivity index (χ0) is 20.9. The zero-order valence-corrected chi connectivity index (χ0v) is 17.9. The molecule has 0 bridgehead atoms. The van der Waals surface area contributed by atoms with Crippen LogP contribution in [-0.4, -0.2) is 37.5 Å². The molecule has 0 unspecified atom stereocenters. The minimum atomic E-state index is -3.92. The third-order valence-electron chi connectivity index (χ3n) is 5.08. The van der Waals surface area contributed by atoms with E-state index >= 15 is 0 Å². The van der Waals surface area contributed by atoms with Gasteiger partial charge < -0.3 is 5.32 Å². The molecule has 0 heterocycles. The number of rotatable bonds is 7. The highest BCUT2D eigenvalue weighted by molar-refractivity contribution is 7.98. The van der Waals surface area contributed by atoms with Gasteiger partial charge in [0.15, 0.2) is 0 Å². The van der Waals surface area contributed by atoms with Crippen molar-refractivity contribution in [1.29, 1.82) is 0 Å². The Morgan fingerprint density at radius 3 is 2.41 bits per heavy atom. The lowest BCUT2D eigenvalue weighted by molar-refractivity contribution is -0.116. The van der Waals surface area contributed by atoms with Crippen LogP contribution < -0.4 is 5.32 Å². The van der Waals surface area contributed by atoms with Gasteiger partial charge in [-0.25, -0.2) is 12.8 Å². The van der Waals surface area contributed by atoms with Crippen molar-refractivity contribution in [3.8, 4) is 0 Å². The number of benzene rings is 2. The largest absolute Gasteiger partial charge is 0.324 e. The summed E-state index contributed by atoms with van der Waals surface area (Å²) in [4.78, 5) is 13.7. The van der Waals surface area contributed by atoms with Gasteiger partial charge in [0.1, 0.15) is 5.82 Å². The molecule has 0 spiro atoms. The van der Waals surface area contributed by atoms with Crippen molar-refractivity contribution in [3.05, 3.63) is 54.3 Å². The summed E-state index contributed by atoms with van der Waals surface area (Å²) in [5.74, 6) is -0.887. The van der Waals surface area contributed by atoms with Gasteiger partial charge in [0.25, 0.3) is 0 Å². The fourth-order valence-electron chi connectivity index (χ4n) is 3.60. The summed E-state index contributed by atoms with van der Waals surface area (Å²) in [7, 11) is -3.92. The average Bonchev–Trinajstić information content (AvgIpc) is 2.73. The summed E-state index contributed by atoms with van der Waals surface area (Å²) in [6, 6.07) is 11.9. The monoisotopic (exact) mass is 436 g/mol. The molecule has 2 aromatic carbocycles. The van der Waals surface area contributed by atoms with E-state index in [2.05, 4.69) is 5.32 Å². The standard InChI is InChI=1S/C21H25FN2O3S2/c1-28-20-10-6-5-9-19(20)23-21(25)15-24(17-7-3-2-4-8-17)29(26,27)18-13-11-16(22)12-14-18/h5-6,9-14,17H,2-4,7-8,15H2,1H3,(H,23,25). The molecule has 8 heteroatoms. The summed E-state index contributed by atoms with van der Waals surface area (Å²) < 4.78 is 41.1. The molecule has 3 rings (SSSR count). The first kappa shape index (κ1) is 21.8. The van der Waals surface area contributed by atoms with E-state index in [1.807, 2.05) is 24.5 Å². The maximum atomic E-state index is 13.3. The highest BCUT2D eigenvalue weighted by Gasteiger charge is 2.34. The second kappa shape index (κ2) is 9.73. The number of carbonyl (C=O) groups excluding carboxylic acids is 1. The van der Waals surface area contributed by atoms with Crippen LogP contribution in [0.1, 0.15) is 32.1 Å². The summed E-state index contributed by atoms with van der Waals surface area (Å²) in [6.45, 7) is -0.271. The van der Waals surface area contributed by atoms with Crippen LogP contribution in [0.3, 0.4) is 0 Å². The molecule has 0 radical (unpaired) electrons. The third-order valence-corrected chi connectivity index (χ3v) is 7.79. The molecule has 0 saturated heterocycles. The molecule has 1 amide bonds. The second-order valence-electron chi connectivity index (χ2n) is 7.04. The lowest BCUT2D eigenvalue weighted by atomic mass is 9.95. The van der Waals surface area contributed by atoms with Gasteiger partial charge in [-0.05, 0) is 55.5 Å². The van der Waals surface area contributed by atoms with E-state index in [4.69, 9.17) is 0 Å². The van der Waals surface area contributed by atoms with Crippen molar-refractivity contribution in [3.63, 3.8) is 0 Å². The minimum absolute atomic E-state index is 0.00165. The highest BCUT2D eigenvalue weighted by Crippen LogP contribution is 2.29. The van der Waals surface area contributed by atoms with Gasteiger partial charge in [0.05, 0.1) is 17.1 Å². The Morgan fingerprint density at radius 1 is 1.10 bits per heavy atom. The van der Waals surface area contributed by atoms with Crippen LogP contribution in [0.5, 0.6) is 0 Å². The molecule has 1 saturated carbocycles. The van der Waals surface area contributed by atoms with E-state index in [-0.39, 0.29) is 23.4 Å². The Kier molecular flexibility index (Phi) is 7.32. The Labute approximate surface area is 175 Å². The van der Waals surface area contributed by atoms with Crippen LogP contribution in [0.2, 0.25) is 0 Å². The molecule has 1 aliphatic rings. The number of sulfonamides is 1. The van der Waals surface area contributed by atoms with Crippen molar-refractivity contribution in [2.45, 2.75) is 47.9 Å². The highest BCUT2D eigenvalue weighted by atomic mass is 32.2. The fourth-order valence-corrected chi connectivity index (χ4v) is 5.80. The Bertz CT molecular complexity index is 943. The Balaban J connectivity index is 1.85. The topological polar surface area (TPSA) is 66.5 Å². The van der Waals surface area contributed by atoms with Crippen molar-refractivity contribution in [2.24, 2.45) is 0 Å². The Morgan fingerprint density at radius 2 is 1.76 bits per heavy atom. The van der Waals surface area contributed by atoms with E-state index in [1.165, 1.54) is 28.2 Å². The number of hydrogen-bond acceptors (Lipinski definition) is 4. The molecule has 1 aliphatic carbocycles. The molecule has 29 heavy (non-hydrogen) atoms. The predicted molar refractivity (Wildman–Crippen MR) is 114 cm³/mol. The smallest absolute Gasteiger partial charge is 0.243 e. The van der Waals surface area contributed by atoms with Crippen LogP contribution in [-0.2, 0) is 14.8 Å². The van der Waals surface area contributed by atoms with Crippen molar-refractivity contribution < 1.29 is 17.6 Å². The van der Waals surface area contributed by atoms with Gasteiger partial charge in [-0.15, -0.1) is 11.8 Å². The van der Waals surface area contributed by atoms with Crippen molar-refractivity contribution in [1.82, 2.24) is 4.31 Å². The number of amides is 1. The molecule has 0 aliphatic heterocycles. The van der Waals surface area contributed by atoms with E-state index in [0.29, 0.717) is 5.69 Å². The summed E-state index contributed by atoms with van der Waals surface area (Å²) in [5, 5.41) is 2.84. The Hall–Kier alpha value is -1.90. The van der Waals surface area contributed by atoms with Crippen LogP contribution in [0.15, 0.2) is 58.3 Å². The molecule has 156 valence electrons. The third kappa shape index (κ3) is 5.38. The van der Waals surface area contributed by atoms with E-state index in [0.717, 1.165) is 49.1 Å². The number of anilines is 1. The fraction of sp³-hybridized carbons (Fsp3) is 0.381. The first-order valence-corrected chi connectivity index (χ1v) is 12.3. The zero-order valence-electron chi connectivity index (χ0n) is 16.3. The lowest BCUT2D eigenvalue weighted by Crippen LogP contribution is -2.45. The number of thioether (sulfide) groups is 1. The van der Waals surface area contributed by atoms with Gasteiger partial charge in [-0.3, -0.25) is 4.79 Å². The van der Waals surface area contributed by atoms with E-state index < -0.39 is 15.8 Å². The second-order valence-corrected chi connectivity index (χ2v) is 9.78. The predicted octanol–water partition coefficient (Wildman–Crippen LogP) is 4.51. The van der Waals surface area contributed by atoms with Crippen molar-refractivity contribution >= 4 is 33.4 Å². The normalized spacial score (nSPS) is 15.4. The number of carbonyl (C=O) groups is 1. The number of nitrogens with zero attached hydrogens (tertiary/aromatic N) is 1. The number of nitrogens with one attached hydrogen (secondary N) is 1. The first-order valence-electron chi connectivity index (χ1n) is 9.62. The summed E-state index contributed by atoms with van der Waals surface area (Å²) in [5.41, 5.74) is 0.660. The lowest BCUT2D eigenvalue weighted by Gasteiger charge is -2.33. The van der Waals surface area contributed by atoms with Crippen LogP contribution >= 0.6 is 11.8 Å². The minimum Gasteiger partial charge on any atom is -0.324 e. The summed E-state index contributed by atoms with van der Waals surface area (Å²) in [6.07, 6.45) is 6.27. The number of hydrogen-bond donors (Lipinski definition) is 1. The van der Waals surface area contributed by atoms with Gasteiger partial charge in [0, 0.05) is 10.9 Å². The molecule has 5 nitrogen and oxygen atoms in total. The van der Waals surface area contributed by atoms with Crippen molar-refractivity contribution in [2.75, 3.05) is 18.1 Å². The molecule has 1 fully saturated rings. The molecule has 0 aromatic heterocycles. The summed E-state index contributed by atoms with van der Waals surface area (Å²) >= 11 is 1.51. The maximum Gasteiger partial charge on any atom is 0.243 e. The molecular formula is C21H25FN2O3S2. The quantitative estimate of drug-likeness (QED) is 0.649. The molecule has 1 N–H and O–H groups in total. The average molecular weight is 437 g/mol.